The number of amides is 1. The Balaban J connectivity index is 1.70. The SMILES string of the molecule is O=C(OCC1CCCCN1C(=O)c1cccc([N+](=O)[O-])c1)c1cccc([N+](=O)[O-])c1. The van der Waals surface area contributed by atoms with E-state index in [1.807, 2.05) is 0 Å². The number of nitro benzene ring substituents is 2. The first-order valence-electron chi connectivity index (χ1n) is 9.34. The molecule has 2 aromatic carbocycles. The molecule has 10 heteroatoms. The van der Waals surface area contributed by atoms with Crippen LogP contribution >= 0.6 is 0 Å². The number of likely N-dealkylation sites (tertiary alicyclic amines) is 1. The van der Waals surface area contributed by atoms with Gasteiger partial charge in [0.05, 0.1) is 21.5 Å². The molecule has 0 aromatic heterocycles. The lowest BCUT2D eigenvalue weighted by molar-refractivity contribution is -0.385. The number of hydrogen-bond donors (Lipinski definition) is 0. The van der Waals surface area contributed by atoms with Gasteiger partial charge in [-0.1, -0.05) is 12.1 Å². The molecule has 0 saturated carbocycles. The van der Waals surface area contributed by atoms with Crippen molar-refractivity contribution in [3.05, 3.63) is 79.9 Å². The van der Waals surface area contributed by atoms with Gasteiger partial charge in [0.25, 0.3) is 17.3 Å². The molecule has 0 N–H and O–H groups in total. The van der Waals surface area contributed by atoms with Crippen LogP contribution in [0.3, 0.4) is 0 Å². The topological polar surface area (TPSA) is 133 Å². The first-order valence-corrected chi connectivity index (χ1v) is 9.34. The summed E-state index contributed by atoms with van der Waals surface area (Å²) < 4.78 is 5.32. The van der Waals surface area contributed by atoms with Crippen LogP contribution < -0.4 is 0 Å². The second kappa shape index (κ2) is 9.12. The number of benzene rings is 2. The number of carbonyl (C=O) groups excluding carboxylic acids is 2. The van der Waals surface area contributed by atoms with E-state index in [-0.39, 0.29) is 41.1 Å². The molecule has 1 amide bonds. The fourth-order valence-corrected chi connectivity index (χ4v) is 3.36. The average Bonchev–Trinajstić information content (AvgIpc) is 2.77. The second-order valence-electron chi connectivity index (χ2n) is 6.86. The zero-order chi connectivity index (χ0) is 21.7. The number of piperidine rings is 1. The predicted octanol–water partition coefficient (Wildman–Crippen LogP) is 3.35. The van der Waals surface area contributed by atoms with E-state index < -0.39 is 15.8 Å². The average molecular weight is 413 g/mol. The van der Waals surface area contributed by atoms with E-state index >= 15 is 0 Å². The number of carbonyl (C=O) groups is 2. The lowest BCUT2D eigenvalue weighted by Gasteiger charge is -2.35. The number of nitrogens with zero attached hydrogens (tertiary/aromatic N) is 3. The van der Waals surface area contributed by atoms with Gasteiger partial charge in [0.15, 0.2) is 0 Å². The highest BCUT2D eigenvalue weighted by molar-refractivity contribution is 5.95. The van der Waals surface area contributed by atoms with E-state index in [4.69, 9.17) is 4.74 Å². The summed E-state index contributed by atoms with van der Waals surface area (Å²) in [7, 11) is 0. The molecule has 1 fully saturated rings. The van der Waals surface area contributed by atoms with Gasteiger partial charge in [-0.3, -0.25) is 25.0 Å². The minimum atomic E-state index is -0.716. The summed E-state index contributed by atoms with van der Waals surface area (Å²) in [5.41, 5.74) is -0.145. The first kappa shape index (κ1) is 20.9. The Labute approximate surface area is 171 Å². The Morgan fingerprint density at radius 3 is 2.20 bits per heavy atom. The van der Waals surface area contributed by atoms with Crippen LogP contribution in [0.15, 0.2) is 48.5 Å². The summed E-state index contributed by atoms with van der Waals surface area (Å²) in [4.78, 5) is 47.4. The number of esters is 1. The first-order chi connectivity index (χ1) is 14.4. The van der Waals surface area contributed by atoms with Gasteiger partial charge in [0.2, 0.25) is 0 Å². The van der Waals surface area contributed by atoms with Gasteiger partial charge in [0.1, 0.15) is 6.61 Å². The minimum absolute atomic E-state index is 0.0524. The second-order valence-corrected chi connectivity index (χ2v) is 6.86. The van der Waals surface area contributed by atoms with Crippen LogP contribution in [0, 0.1) is 20.2 Å². The number of ether oxygens (including phenoxy) is 1. The molecule has 30 heavy (non-hydrogen) atoms. The lowest BCUT2D eigenvalue weighted by atomic mass is 10.0. The largest absolute Gasteiger partial charge is 0.460 e. The van der Waals surface area contributed by atoms with Gasteiger partial charge in [-0.25, -0.2) is 4.79 Å². The molecule has 0 spiro atoms. The number of hydrogen-bond acceptors (Lipinski definition) is 7. The maximum absolute atomic E-state index is 12.9. The van der Waals surface area contributed by atoms with Crippen LogP contribution in [0.2, 0.25) is 0 Å². The quantitative estimate of drug-likeness (QED) is 0.403. The molecule has 1 unspecified atom stereocenters. The van der Waals surface area contributed by atoms with Crippen LogP contribution in [0.1, 0.15) is 40.0 Å². The van der Waals surface area contributed by atoms with Gasteiger partial charge in [0, 0.05) is 36.4 Å². The lowest BCUT2D eigenvalue weighted by Crippen LogP contribution is -2.46. The van der Waals surface area contributed by atoms with Gasteiger partial charge < -0.3 is 9.64 Å². The Hall–Kier alpha value is -3.82. The molecule has 1 heterocycles. The third kappa shape index (κ3) is 4.77. The van der Waals surface area contributed by atoms with Gasteiger partial charge >= 0.3 is 5.97 Å². The number of nitro groups is 2. The molecule has 1 atom stereocenters. The smallest absolute Gasteiger partial charge is 0.338 e. The van der Waals surface area contributed by atoms with Crippen molar-refractivity contribution >= 4 is 23.3 Å². The third-order valence-electron chi connectivity index (χ3n) is 4.89. The highest BCUT2D eigenvalue weighted by Crippen LogP contribution is 2.23. The molecule has 10 nitrogen and oxygen atoms in total. The van der Waals surface area contributed by atoms with Crippen molar-refractivity contribution in [2.45, 2.75) is 25.3 Å². The molecule has 156 valence electrons. The van der Waals surface area contributed by atoms with E-state index in [0.717, 1.165) is 18.9 Å². The van der Waals surface area contributed by atoms with Crippen LogP contribution in [0.25, 0.3) is 0 Å². The zero-order valence-corrected chi connectivity index (χ0v) is 15.9. The van der Waals surface area contributed by atoms with Crippen LogP contribution in [0.4, 0.5) is 11.4 Å². The van der Waals surface area contributed by atoms with E-state index in [1.54, 1.807) is 4.90 Å². The zero-order valence-electron chi connectivity index (χ0n) is 15.9. The fraction of sp³-hybridized carbons (Fsp3) is 0.300. The normalized spacial score (nSPS) is 16.0. The molecule has 1 saturated heterocycles. The van der Waals surface area contributed by atoms with Gasteiger partial charge in [-0.15, -0.1) is 0 Å². The molecule has 0 bridgehead atoms. The van der Waals surface area contributed by atoms with Gasteiger partial charge in [-0.05, 0) is 31.4 Å². The monoisotopic (exact) mass is 413 g/mol. The summed E-state index contributed by atoms with van der Waals surface area (Å²) >= 11 is 0. The van der Waals surface area contributed by atoms with Crippen LogP contribution in [0.5, 0.6) is 0 Å². The van der Waals surface area contributed by atoms with Crippen molar-refractivity contribution in [2.24, 2.45) is 0 Å². The van der Waals surface area contributed by atoms with Crippen molar-refractivity contribution in [1.29, 1.82) is 0 Å². The molecule has 0 aliphatic carbocycles. The van der Waals surface area contributed by atoms with Crippen LogP contribution in [-0.2, 0) is 4.74 Å². The molecular weight excluding hydrogens is 394 g/mol. The molecule has 1 aliphatic heterocycles. The van der Waals surface area contributed by atoms with Crippen molar-refractivity contribution in [3.8, 4) is 0 Å². The van der Waals surface area contributed by atoms with Crippen molar-refractivity contribution in [2.75, 3.05) is 13.2 Å². The van der Waals surface area contributed by atoms with Crippen molar-refractivity contribution in [3.63, 3.8) is 0 Å². The maximum atomic E-state index is 12.9. The van der Waals surface area contributed by atoms with E-state index in [0.29, 0.717) is 13.0 Å². The Bertz CT molecular complexity index is 992. The summed E-state index contributed by atoms with van der Waals surface area (Å²) in [5, 5.41) is 21.8. The predicted molar refractivity (Wildman–Crippen MR) is 105 cm³/mol. The summed E-state index contributed by atoms with van der Waals surface area (Å²) in [5.74, 6) is -1.08. The highest BCUT2D eigenvalue weighted by Gasteiger charge is 2.29. The van der Waals surface area contributed by atoms with E-state index in [2.05, 4.69) is 0 Å². The summed E-state index contributed by atoms with van der Waals surface area (Å²) in [6.45, 7) is 0.378. The fourth-order valence-electron chi connectivity index (χ4n) is 3.36. The van der Waals surface area contributed by atoms with E-state index in [1.165, 1.54) is 42.5 Å². The van der Waals surface area contributed by atoms with Crippen LogP contribution in [-0.4, -0.2) is 45.8 Å². The number of rotatable bonds is 6. The van der Waals surface area contributed by atoms with Crippen molar-refractivity contribution in [1.82, 2.24) is 4.90 Å². The summed E-state index contributed by atoms with van der Waals surface area (Å²) in [6, 6.07) is 10.3. The molecule has 3 rings (SSSR count). The molecule has 2 aromatic rings. The molecular formula is C20H19N3O7. The maximum Gasteiger partial charge on any atom is 0.338 e. The molecule has 1 aliphatic rings. The van der Waals surface area contributed by atoms with Gasteiger partial charge in [-0.2, -0.15) is 0 Å². The van der Waals surface area contributed by atoms with Crippen molar-refractivity contribution < 1.29 is 24.2 Å². The Kier molecular flexibility index (Phi) is 6.35. The minimum Gasteiger partial charge on any atom is -0.460 e. The standard InChI is InChI=1S/C20H19N3O7/c24-19(14-5-3-8-16(11-14)22(26)27)21-10-2-1-7-18(21)13-30-20(25)15-6-4-9-17(12-15)23(28)29/h3-6,8-9,11-12,18H,1-2,7,10,13H2. The third-order valence-corrected chi connectivity index (χ3v) is 4.89. The highest BCUT2D eigenvalue weighted by atomic mass is 16.6. The molecule has 0 radical (unpaired) electrons. The van der Waals surface area contributed by atoms with E-state index in [9.17, 15) is 29.8 Å². The Morgan fingerprint density at radius 2 is 1.57 bits per heavy atom. The Morgan fingerprint density at radius 1 is 0.967 bits per heavy atom. The summed E-state index contributed by atoms with van der Waals surface area (Å²) in [6.07, 6.45) is 2.23. The number of non-ortho nitro benzene ring substituents is 2.